The maximum Gasteiger partial charge on any atom is 0.329 e. The molecule has 1 unspecified atom stereocenters. The zero-order valence-corrected chi connectivity index (χ0v) is 11.2. The first-order chi connectivity index (χ1) is 10.1. The molecule has 0 saturated heterocycles. The van der Waals surface area contributed by atoms with Crippen LogP contribution >= 0.6 is 0 Å². The standard InChI is InChI=1S/C16H15NO4/c17-16(20)15(21-10-14(18)19)13-9-5-4-8-12(13)11-6-2-1-3-7-11/h1-9,15H,10H2,(H2,17,20)(H,18,19). The van der Waals surface area contributed by atoms with Gasteiger partial charge >= 0.3 is 5.97 Å². The summed E-state index contributed by atoms with van der Waals surface area (Å²) in [4.78, 5) is 22.2. The van der Waals surface area contributed by atoms with Crippen molar-refractivity contribution in [2.75, 3.05) is 6.61 Å². The van der Waals surface area contributed by atoms with E-state index in [9.17, 15) is 9.59 Å². The lowest BCUT2D eigenvalue weighted by Gasteiger charge is -2.17. The summed E-state index contributed by atoms with van der Waals surface area (Å²) < 4.78 is 5.14. The van der Waals surface area contributed by atoms with Crippen molar-refractivity contribution in [2.24, 2.45) is 5.73 Å². The number of aliphatic carboxylic acids is 1. The van der Waals surface area contributed by atoms with Crippen LogP contribution in [0.1, 0.15) is 11.7 Å². The predicted octanol–water partition coefficient (Wildman–Crippen LogP) is 1.98. The lowest BCUT2D eigenvalue weighted by Crippen LogP contribution is -2.26. The number of carboxylic acids is 1. The van der Waals surface area contributed by atoms with Crippen molar-refractivity contribution in [3.8, 4) is 11.1 Å². The van der Waals surface area contributed by atoms with Gasteiger partial charge in [-0.05, 0) is 16.7 Å². The minimum absolute atomic E-state index is 0.553. The normalized spacial score (nSPS) is 11.8. The van der Waals surface area contributed by atoms with Crippen LogP contribution in [0.5, 0.6) is 0 Å². The minimum Gasteiger partial charge on any atom is -0.480 e. The predicted molar refractivity (Wildman–Crippen MR) is 77.4 cm³/mol. The molecule has 2 aromatic carbocycles. The number of ether oxygens (including phenoxy) is 1. The average Bonchev–Trinajstić information content (AvgIpc) is 2.48. The smallest absolute Gasteiger partial charge is 0.329 e. The topological polar surface area (TPSA) is 89.6 Å². The number of rotatable bonds is 6. The molecule has 0 aliphatic rings. The average molecular weight is 285 g/mol. The van der Waals surface area contributed by atoms with E-state index in [0.29, 0.717) is 5.56 Å². The fraction of sp³-hybridized carbons (Fsp3) is 0.125. The molecule has 2 aromatic rings. The molecule has 108 valence electrons. The van der Waals surface area contributed by atoms with Crippen molar-refractivity contribution in [1.29, 1.82) is 0 Å². The maximum absolute atomic E-state index is 11.6. The van der Waals surface area contributed by atoms with Crippen LogP contribution in [0.15, 0.2) is 54.6 Å². The highest BCUT2D eigenvalue weighted by Gasteiger charge is 2.22. The third-order valence-corrected chi connectivity index (χ3v) is 2.96. The molecule has 1 amide bonds. The molecule has 3 N–H and O–H groups in total. The highest BCUT2D eigenvalue weighted by Crippen LogP contribution is 2.29. The number of amides is 1. The van der Waals surface area contributed by atoms with Gasteiger partial charge in [0.2, 0.25) is 0 Å². The van der Waals surface area contributed by atoms with Gasteiger partial charge in [0, 0.05) is 0 Å². The van der Waals surface area contributed by atoms with Crippen molar-refractivity contribution in [1.82, 2.24) is 0 Å². The van der Waals surface area contributed by atoms with Gasteiger partial charge in [0.25, 0.3) is 5.91 Å². The Morgan fingerprint density at radius 1 is 1.05 bits per heavy atom. The monoisotopic (exact) mass is 285 g/mol. The molecular weight excluding hydrogens is 270 g/mol. The third kappa shape index (κ3) is 3.67. The van der Waals surface area contributed by atoms with Gasteiger partial charge in [-0.2, -0.15) is 0 Å². The largest absolute Gasteiger partial charge is 0.480 e. The Kier molecular flexibility index (Phi) is 4.68. The Morgan fingerprint density at radius 3 is 2.29 bits per heavy atom. The molecule has 0 bridgehead atoms. The Labute approximate surface area is 122 Å². The molecule has 5 heteroatoms. The van der Waals surface area contributed by atoms with E-state index >= 15 is 0 Å². The lowest BCUT2D eigenvalue weighted by atomic mass is 9.96. The Hall–Kier alpha value is -2.66. The first-order valence-electron chi connectivity index (χ1n) is 6.36. The summed E-state index contributed by atoms with van der Waals surface area (Å²) in [6, 6.07) is 16.6. The second-order valence-corrected chi connectivity index (χ2v) is 4.44. The van der Waals surface area contributed by atoms with Crippen LogP contribution < -0.4 is 5.73 Å². The van der Waals surface area contributed by atoms with Gasteiger partial charge in [-0.15, -0.1) is 0 Å². The van der Waals surface area contributed by atoms with Crippen molar-refractivity contribution >= 4 is 11.9 Å². The number of primary amides is 1. The molecule has 0 saturated carbocycles. The molecular formula is C16H15NO4. The fourth-order valence-electron chi connectivity index (χ4n) is 2.09. The van der Waals surface area contributed by atoms with Gasteiger partial charge in [-0.25, -0.2) is 4.79 Å². The number of hydrogen-bond donors (Lipinski definition) is 2. The molecule has 0 fully saturated rings. The van der Waals surface area contributed by atoms with Crippen LogP contribution in [0, 0.1) is 0 Å². The maximum atomic E-state index is 11.6. The second-order valence-electron chi connectivity index (χ2n) is 4.44. The van der Waals surface area contributed by atoms with E-state index in [2.05, 4.69) is 0 Å². The minimum atomic E-state index is -1.15. The van der Waals surface area contributed by atoms with E-state index in [-0.39, 0.29) is 0 Å². The molecule has 21 heavy (non-hydrogen) atoms. The number of nitrogens with two attached hydrogens (primary N) is 1. The molecule has 2 rings (SSSR count). The van der Waals surface area contributed by atoms with Gasteiger partial charge in [-0.3, -0.25) is 4.79 Å². The van der Waals surface area contributed by atoms with Gasteiger partial charge in [0.1, 0.15) is 6.61 Å². The number of carboxylic acid groups (broad SMARTS) is 1. The number of carbonyl (C=O) groups is 2. The van der Waals surface area contributed by atoms with Gasteiger partial charge in [0.15, 0.2) is 6.10 Å². The van der Waals surface area contributed by atoms with Gasteiger partial charge < -0.3 is 15.6 Å². The molecule has 0 aliphatic carbocycles. The molecule has 5 nitrogen and oxygen atoms in total. The molecule has 1 atom stereocenters. The van der Waals surface area contributed by atoms with Crippen molar-refractivity contribution in [2.45, 2.75) is 6.10 Å². The Morgan fingerprint density at radius 2 is 1.67 bits per heavy atom. The SMILES string of the molecule is NC(=O)C(OCC(=O)O)c1ccccc1-c1ccccc1. The summed E-state index contributed by atoms with van der Waals surface area (Å²) in [5.41, 5.74) is 7.58. The molecule has 0 aromatic heterocycles. The molecule has 0 aliphatic heterocycles. The Balaban J connectivity index is 2.41. The van der Waals surface area contributed by atoms with E-state index in [1.54, 1.807) is 12.1 Å². The van der Waals surface area contributed by atoms with Crippen molar-refractivity contribution in [3.63, 3.8) is 0 Å². The Bertz CT molecular complexity index is 640. The number of benzene rings is 2. The fourth-order valence-corrected chi connectivity index (χ4v) is 2.09. The van der Waals surface area contributed by atoms with Crippen LogP contribution in [0.4, 0.5) is 0 Å². The van der Waals surface area contributed by atoms with E-state index in [0.717, 1.165) is 11.1 Å². The molecule has 0 heterocycles. The van der Waals surface area contributed by atoms with Crippen LogP contribution in [0.3, 0.4) is 0 Å². The van der Waals surface area contributed by atoms with Gasteiger partial charge in [-0.1, -0.05) is 54.6 Å². The summed E-state index contributed by atoms with van der Waals surface area (Å²) in [6.45, 7) is -0.587. The van der Waals surface area contributed by atoms with E-state index in [1.807, 2.05) is 42.5 Å². The summed E-state index contributed by atoms with van der Waals surface area (Å²) in [7, 11) is 0. The van der Waals surface area contributed by atoms with Gasteiger partial charge in [0.05, 0.1) is 0 Å². The number of carbonyl (C=O) groups excluding carboxylic acids is 1. The number of hydrogen-bond acceptors (Lipinski definition) is 3. The van der Waals surface area contributed by atoms with Crippen LogP contribution in [-0.2, 0) is 14.3 Å². The van der Waals surface area contributed by atoms with Crippen LogP contribution in [0.2, 0.25) is 0 Å². The molecule has 0 radical (unpaired) electrons. The highest BCUT2D eigenvalue weighted by molar-refractivity contribution is 5.84. The second kappa shape index (κ2) is 6.67. The van der Waals surface area contributed by atoms with Crippen molar-refractivity contribution in [3.05, 3.63) is 60.2 Å². The first-order valence-corrected chi connectivity index (χ1v) is 6.36. The first kappa shape index (κ1) is 14.7. The van der Waals surface area contributed by atoms with E-state index in [1.165, 1.54) is 0 Å². The summed E-state index contributed by atoms with van der Waals surface area (Å²) in [5.74, 6) is -1.88. The highest BCUT2D eigenvalue weighted by atomic mass is 16.5. The van der Waals surface area contributed by atoms with Crippen LogP contribution in [-0.4, -0.2) is 23.6 Å². The molecule has 0 spiro atoms. The van der Waals surface area contributed by atoms with E-state index < -0.39 is 24.6 Å². The van der Waals surface area contributed by atoms with Crippen LogP contribution in [0.25, 0.3) is 11.1 Å². The van der Waals surface area contributed by atoms with E-state index in [4.69, 9.17) is 15.6 Å². The lowest BCUT2D eigenvalue weighted by molar-refractivity contribution is -0.147. The zero-order valence-electron chi connectivity index (χ0n) is 11.2. The summed E-state index contributed by atoms with van der Waals surface area (Å²) in [5, 5.41) is 8.70. The summed E-state index contributed by atoms with van der Waals surface area (Å²) in [6.07, 6.45) is -1.10. The third-order valence-electron chi connectivity index (χ3n) is 2.96. The van der Waals surface area contributed by atoms with Crippen molar-refractivity contribution < 1.29 is 19.4 Å². The summed E-state index contributed by atoms with van der Waals surface area (Å²) >= 11 is 0. The quantitative estimate of drug-likeness (QED) is 0.849. The zero-order chi connectivity index (χ0) is 15.2.